The Morgan fingerprint density at radius 2 is 1.53 bits per heavy atom. The molecule has 3 heterocycles. The highest BCUT2D eigenvalue weighted by Crippen LogP contribution is 2.36. The quantitative estimate of drug-likeness (QED) is 0.529. The van der Waals surface area contributed by atoms with Gasteiger partial charge in [-0.1, -0.05) is 47.6 Å². The minimum Gasteiger partial charge on any atom is -0.295 e. The number of hydrogen-bond donors (Lipinski definition) is 0. The maximum absolute atomic E-state index is 13.6. The molecule has 30 heavy (non-hydrogen) atoms. The average Bonchev–Trinajstić information content (AvgIpc) is 3.05. The van der Waals surface area contributed by atoms with E-state index in [9.17, 15) is 9.59 Å². The van der Waals surface area contributed by atoms with Gasteiger partial charge in [0.15, 0.2) is 0 Å². The number of benzene rings is 2. The van der Waals surface area contributed by atoms with Gasteiger partial charge in [0.1, 0.15) is 12.2 Å². The highest BCUT2D eigenvalue weighted by atomic mass is 16.5. The summed E-state index contributed by atoms with van der Waals surface area (Å²) in [7, 11) is 0. The van der Waals surface area contributed by atoms with Crippen molar-refractivity contribution in [1.82, 2.24) is 14.7 Å². The first-order valence-electron chi connectivity index (χ1n) is 9.69. The summed E-state index contributed by atoms with van der Waals surface area (Å²) < 4.78 is 6.07. The van der Waals surface area contributed by atoms with E-state index in [0.717, 1.165) is 35.3 Å². The van der Waals surface area contributed by atoms with Crippen LogP contribution in [-0.4, -0.2) is 20.6 Å². The lowest BCUT2D eigenvalue weighted by molar-refractivity contribution is -0.118. The topological polar surface area (TPSA) is 81.2 Å². The first-order valence-corrected chi connectivity index (χ1v) is 9.69. The zero-order chi connectivity index (χ0) is 20.5. The molecular formula is C23H18N4O3. The van der Waals surface area contributed by atoms with E-state index in [1.54, 1.807) is 29.3 Å². The summed E-state index contributed by atoms with van der Waals surface area (Å²) in [5.41, 5.74) is 4.30. The molecule has 0 unspecified atom stereocenters. The van der Waals surface area contributed by atoms with Gasteiger partial charge in [0.05, 0.1) is 11.4 Å². The summed E-state index contributed by atoms with van der Waals surface area (Å²) in [6, 6.07) is 21.0. The van der Waals surface area contributed by atoms with Crippen molar-refractivity contribution < 1.29 is 9.32 Å². The molecule has 5 rings (SSSR count). The number of pyridine rings is 1. The minimum absolute atomic E-state index is 0.211. The lowest BCUT2D eigenvalue weighted by Gasteiger charge is -2.25. The third kappa shape index (κ3) is 3.10. The molecule has 1 aliphatic heterocycles. The Bertz CT molecular complexity index is 1230. The number of nitrogens with zero attached hydrogens (tertiary/aromatic N) is 4. The van der Waals surface area contributed by atoms with Gasteiger partial charge in [0, 0.05) is 6.20 Å². The summed E-state index contributed by atoms with van der Waals surface area (Å²) in [6.45, 7) is -0.211. The number of carbonyl (C=O) groups is 1. The highest BCUT2D eigenvalue weighted by molar-refractivity contribution is 6.02. The molecule has 148 valence electrons. The van der Waals surface area contributed by atoms with Gasteiger partial charge in [0.25, 0.3) is 5.91 Å². The van der Waals surface area contributed by atoms with Gasteiger partial charge in [0.2, 0.25) is 5.82 Å². The summed E-state index contributed by atoms with van der Waals surface area (Å²) in [5.74, 6) is -0.718. The number of rotatable bonds is 3. The minimum atomic E-state index is -0.694. The van der Waals surface area contributed by atoms with Crippen molar-refractivity contribution in [2.24, 2.45) is 0 Å². The van der Waals surface area contributed by atoms with E-state index >= 15 is 0 Å². The van der Waals surface area contributed by atoms with Gasteiger partial charge in [-0.25, -0.2) is 9.36 Å². The first kappa shape index (κ1) is 18.1. The maximum Gasteiger partial charge on any atom is 0.442 e. The van der Waals surface area contributed by atoms with Gasteiger partial charge in [-0.05, 0) is 48.2 Å². The van der Waals surface area contributed by atoms with E-state index in [-0.39, 0.29) is 18.3 Å². The second kappa shape index (κ2) is 7.44. The lowest BCUT2D eigenvalue weighted by Crippen LogP contribution is -2.33. The fraction of sp³-hybridized carbons (Fsp3) is 0.130. The van der Waals surface area contributed by atoms with E-state index in [4.69, 9.17) is 4.52 Å². The zero-order valence-corrected chi connectivity index (χ0v) is 16.1. The Morgan fingerprint density at radius 3 is 2.17 bits per heavy atom. The average molecular weight is 398 g/mol. The second-order valence-corrected chi connectivity index (χ2v) is 7.06. The zero-order valence-electron chi connectivity index (χ0n) is 16.1. The molecule has 4 aromatic rings. The van der Waals surface area contributed by atoms with Crippen LogP contribution in [0.4, 0.5) is 11.4 Å². The van der Waals surface area contributed by atoms with Crippen molar-refractivity contribution in [1.29, 1.82) is 0 Å². The van der Waals surface area contributed by atoms with Crippen LogP contribution in [0, 0.1) is 0 Å². The summed E-state index contributed by atoms with van der Waals surface area (Å²) in [4.78, 5) is 31.8. The number of carbonyl (C=O) groups excluding carboxylic acids is 1. The fourth-order valence-electron chi connectivity index (χ4n) is 3.84. The Kier molecular flexibility index (Phi) is 4.48. The van der Waals surface area contributed by atoms with Crippen LogP contribution >= 0.6 is 0 Å². The number of para-hydroxylation sites is 2. The van der Waals surface area contributed by atoms with E-state index in [2.05, 4.69) is 10.1 Å². The van der Waals surface area contributed by atoms with Crippen molar-refractivity contribution in [3.05, 3.63) is 94.6 Å². The van der Waals surface area contributed by atoms with Crippen LogP contribution in [0.3, 0.4) is 0 Å². The molecule has 2 aromatic heterocycles. The Balaban J connectivity index is 1.59. The molecular weight excluding hydrogens is 380 g/mol. The number of hydrogen-bond acceptors (Lipinski definition) is 5. The summed E-state index contributed by atoms with van der Waals surface area (Å²) in [5, 5.41) is 3.83. The molecule has 1 amide bonds. The van der Waals surface area contributed by atoms with Gasteiger partial charge in [-0.15, -0.1) is 0 Å². The molecule has 0 spiro atoms. The molecule has 0 fully saturated rings. The van der Waals surface area contributed by atoms with Crippen LogP contribution in [0.1, 0.15) is 11.1 Å². The molecule has 7 heteroatoms. The van der Waals surface area contributed by atoms with Crippen molar-refractivity contribution in [2.45, 2.75) is 19.4 Å². The standard InChI is InChI=1S/C23H18N4O3/c28-21(15-26-22(25-30-23(26)29)18-9-5-6-14-24-18)27-19-10-3-1-7-16(19)12-13-17-8-2-4-11-20(17)27/h1-11,14H,12-13,15H2. The number of amides is 1. The van der Waals surface area contributed by atoms with Crippen LogP contribution in [0.15, 0.2) is 82.2 Å². The molecule has 0 radical (unpaired) electrons. The molecule has 2 aromatic carbocycles. The number of aryl methyl sites for hydroxylation is 2. The third-order valence-corrected chi connectivity index (χ3v) is 5.25. The molecule has 7 nitrogen and oxygen atoms in total. The SMILES string of the molecule is O=C(Cn1c(-c2ccccn2)noc1=O)N1c2ccccc2CCc2ccccc21. The second-order valence-electron chi connectivity index (χ2n) is 7.06. The maximum atomic E-state index is 13.6. The van der Waals surface area contributed by atoms with E-state index in [0.29, 0.717) is 5.69 Å². The fourth-order valence-corrected chi connectivity index (χ4v) is 3.84. The highest BCUT2D eigenvalue weighted by Gasteiger charge is 2.27. The van der Waals surface area contributed by atoms with E-state index in [1.165, 1.54) is 4.57 Å². The molecule has 0 bridgehead atoms. The smallest absolute Gasteiger partial charge is 0.295 e. The van der Waals surface area contributed by atoms with Crippen molar-refractivity contribution in [3.8, 4) is 11.5 Å². The lowest BCUT2D eigenvalue weighted by atomic mass is 10.0. The number of fused-ring (bicyclic) bond motifs is 2. The molecule has 0 saturated carbocycles. The Morgan fingerprint density at radius 1 is 0.900 bits per heavy atom. The number of aromatic nitrogens is 3. The van der Waals surface area contributed by atoms with Gasteiger partial charge in [-0.2, -0.15) is 0 Å². The first-order chi connectivity index (χ1) is 14.7. The molecule has 0 saturated heterocycles. The van der Waals surface area contributed by atoms with E-state index in [1.807, 2.05) is 48.5 Å². The van der Waals surface area contributed by atoms with Gasteiger partial charge < -0.3 is 0 Å². The van der Waals surface area contributed by atoms with Crippen LogP contribution in [0.2, 0.25) is 0 Å². The van der Waals surface area contributed by atoms with Crippen LogP contribution in [0.5, 0.6) is 0 Å². The summed E-state index contributed by atoms with van der Waals surface area (Å²) >= 11 is 0. The predicted molar refractivity (Wildman–Crippen MR) is 111 cm³/mol. The molecule has 0 atom stereocenters. The Labute approximate surface area is 172 Å². The molecule has 1 aliphatic rings. The van der Waals surface area contributed by atoms with Crippen molar-refractivity contribution in [2.75, 3.05) is 4.90 Å². The molecule has 0 N–H and O–H groups in total. The monoisotopic (exact) mass is 398 g/mol. The Hall–Kier alpha value is -4.00. The van der Waals surface area contributed by atoms with Gasteiger partial charge in [-0.3, -0.25) is 19.2 Å². The normalized spacial score (nSPS) is 12.7. The van der Waals surface area contributed by atoms with Crippen molar-refractivity contribution >= 4 is 17.3 Å². The largest absolute Gasteiger partial charge is 0.442 e. The molecule has 0 aliphatic carbocycles. The van der Waals surface area contributed by atoms with Gasteiger partial charge >= 0.3 is 5.76 Å². The number of anilines is 2. The van der Waals surface area contributed by atoms with Crippen LogP contribution in [0.25, 0.3) is 11.5 Å². The van der Waals surface area contributed by atoms with Crippen molar-refractivity contribution in [3.63, 3.8) is 0 Å². The summed E-state index contributed by atoms with van der Waals surface area (Å²) in [6.07, 6.45) is 3.27. The van der Waals surface area contributed by atoms with Crippen LogP contribution < -0.4 is 10.7 Å². The van der Waals surface area contributed by atoms with E-state index < -0.39 is 5.76 Å². The van der Waals surface area contributed by atoms with Crippen LogP contribution in [-0.2, 0) is 24.2 Å². The predicted octanol–water partition coefficient (Wildman–Crippen LogP) is 3.36. The third-order valence-electron chi connectivity index (χ3n) is 5.25.